The topological polar surface area (TPSA) is 90.5 Å². The van der Waals surface area contributed by atoms with Gasteiger partial charge < -0.3 is 21.1 Å². The Bertz CT molecular complexity index is 377. The molecule has 0 aromatic heterocycles. The number of unbranched alkanes of at least 4 members (excludes halogenated alkanes) is 4. The molecule has 22 heavy (non-hydrogen) atoms. The first-order valence-electron chi connectivity index (χ1n) is 8.11. The van der Waals surface area contributed by atoms with Crippen LogP contribution in [-0.4, -0.2) is 41.2 Å². The first-order chi connectivity index (χ1) is 10.6. The zero-order chi connectivity index (χ0) is 16.2. The number of aliphatic carboxylic acids is 1. The third-order valence-corrected chi connectivity index (χ3v) is 3.95. The van der Waals surface area contributed by atoms with E-state index in [0.717, 1.165) is 50.2 Å². The second kappa shape index (κ2) is 11.2. The Hall–Kier alpha value is -1.37. The van der Waals surface area contributed by atoms with Gasteiger partial charge in [0.25, 0.3) is 0 Å². The predicted molar refractivity (Wildman–Crippen MR) is 89.7 cm³/mol. The van der Waals surface area contributed by atoms with Crippen LogP contribution < -0.4 is 16.0 Å². The minimum atomic E-state index is -0.755. The van der Waals surface area contributed by atoms with Crippen molar-refractivity contribution in [3.8, 4) is 0 Å². The second-order valence-corrected chi connectivity index (χ2v) is 6.11. The van der Waals surface area contributed by atoms with Crippen LogP contribution >= 0.6 is 12.2 Å². The second-order valence-electron chi connectivity index (χ2n) is 5.70. The Kier molecular flexibility index (Phi) is 9.54. The maximum absolute atomic E-state index is 11.6. The van der Waals surface area contributed by atoms with Crippen LogP contribution in [0, 0.1) is 0 Å². The first-order valence-corrected chi connectivity index (χ1v) is 8.51. The summed E-state index contributed by atoms with van der Waals surface area (Å²) in [5.74, 6) is -0.658. The van der Waals surface area contributed by atoms with Crippen LogP contribution in [0.2, 0.25) is 0 Å². The molecule has 1 rings (SSSR count). The fourth-order valence-electron chi connectivity index (χ4n) is 2.42. The monoisotopic (exact) mass is 329 g/mol. The highest BCUT2D eigenvalue weighted by Crippen LogP contribution is 2.07. The van der Waals surface area contributed by atoms with E-state index in [4.69, 9.17) is 17.3 Å². The van der Waals surface area contributed by atoms with E-state index in [1.54, 1.807) is 0 Å². The van der Waals surface area contributed by atoms with Gasteiger partial charge in [0.1, 0.15) is 0 Å². The van der Waals surface area contributed by atoms with Crippen LogP contribution in [0.5, 0.6) is 0 Å². The smallest absolute Gasteiger partial charge is 0.303 e. The van der Waals surface area contributed by atoms with Gasteiger partial charge >= 0.3 is 5.97 Å². The van der Waals surface area contributed by atoms with Gasteiger partial charge in [-0.3, -0.25) is 9.59 Å². The highest BCUT2D eigenvalue weighted by molar-refractivity contribution is 7.80. The minimum Gasteiger partial charge on any atom is -0.481 e. The van der Waals surface area contributed by atoms with E-state index in [9.17, 15) is 9.59 Å². The molecule has 1 saturated heterocycles. The number of hydrogen-bond acceptors (Lipinski definition) is 3. The molecule has 0 bridgehead atoms. The Morgan fingerprint density at radius 3 is 2.55 bits per heavy atom. The van der Waals surface area contributed by atoms with Gasteiger partial charge in [-0.25, -0.2) is 0 Å². The quantitative estimate of drug-likeness (QED) is 0.321. The van der Waals surface area contributed by atoms with E-state index in [1.165, 1.54) is 0 Å². The summed E-state index contributed by atoms with van der Waals surface area (Å²) in [6.07, 6.45) is 7.30. The number of carboxylic acids is 1. The molecule has 1 aliphatic rings. The Balaban J connectivity index is 1.85. The molecule has 0 spiro atoms. The lowest BCUT2D eigenvalue weighted by Crippen LogP contribution is -2.26. The number of rotatable bonds is 12. The summed E-state index contributed by atoms with van der Waals surface area (Å²) in [6.45, 7) is 1.55. The molecule has 7 heteroatoms. The van der Waals surface area contributed by atoms with Crippen LogP contribution in [0.4, 0.5) is 0 Å². The number of carbonyl (C=O) groups is 2. The number of nitrogens with one attached hydrogen (secondary N) is 3. The summed E-state index contributed by atoms with van der Waals surface area (Å²) in [5, 5.41) is 18.4. The lowest BCUT2D eigenvalue weighted by Gasteiger charge is -2.08. The van der Waals surface area contributed by atoms with Crippen molar-refractivity contribution in [2.75, 3.05) is 13.1 Å². The van der Waals surface area contributed by atoms with Crippen LogP contribution in [0.1, 0.15) is 57.8 Å². The van der Waals surface area contributed by atoms with Crippen molar-refractivity contribution in [3.05, 3.63) is 0 Å². The van der Waals surface area contributed by atoms with Crippen molar-refractivity contribution in [3.63, 3.8) is 0 Å². The van der Waals surface area contributed by atoms with Crippen molar-refractivity contribution >= 4 is 29.2 Å². The predicted octanol–water partition coefficient (Wildman–Crippen LogP) is 1.54. The van der Waals surface area contributed by atoms with Gasteiger partial charge in [-0.1, -0.05) is 19.3 Å². The number of carbonyl (C=O) groups excluding carboxylic acids is 1. The summed E-state index contributed by atoms with van der Waals surface area (Å²) in [5.41, 5.74) is 0. The highest BCUT2D eigenvalue weighted by Gasteiger charge is 2.16. The van der Waals surface area contributed by atoms with Gasteiger partial charge in [0.2, 0.25) is 5.91 Å². The minimum absolute atomic E-state index is 0.0973. The zero-order valence-electron chi connectivity index (χ0n) is 13.0. The van der Waals surface area contributed by atoms with E-state index in [0.29, 0.717) is 25.4 Å². The molecule has 0 aliphatic carbocycles. The summed E-state index contributed by atoms with van der Waals surface area (Å²) in [6, 6.07) is 0.437. The molecule has 1 atom stereocenters. The number of amides is 1. The van der Waals surface area contributed by atoms with Crippen LogP contribution in [0.3, 0.4) is 0 Å². The lowest BCUT2D eigenvalue weighted by molar-refractivity contribution is -0.137. The molecule has 0 radical (unpaired) electrons. The normalized spacial score (nSPS) is 16.9. The number of hydrogen-bond donors (Lipinski definition) is 4. The van der Waals surface area contributed by atoms with E-state index in [2.05, 4.69) is 16.0 Å². The maximum Gasteiger partial charge on any atom is 0.303 e. The Labute approximate surface area is 137 Å². The van der Waals surface area contributed by atoms with Gasteiger partial charge in [0.15, 0.2) is 5.11 Å². The van der Waals surface area contributed by atoms with E-state index >= 15 is 0 Å². The molecule has 1 aliphatic heterocycles. The summed E-state index contributed by atoms with van der Waals surface area (Å²) in [4.78, 5) is 21.9. The Morgan fingerprint density at radius 2 is 1.86 bits per heavy atom. The SMILES string of the molecule is O=C(O)CCCCCNC(=O)CCCCCC1CNC(=S)N1. The average Bonchev–Trinajstić information content (AvgIpc) is 2.87. The van der Waals surface area contributed by atoms with E-state index in [-0.39, 0.29) is 12.3 Å². The third kappa shape index (κ3) is 9.55. The van der Waals surface area contributed by atoms with Crippen LogP contribution in [0.15, 0.2) is 0 Å². The molecular formula is C15H27N3O3S. The fourth-order valence-corrected chi connectivity index (χ4v) is 2.67. The lowest BCUT2D eigenvalue weighted by atomic mass is 10.1. The highest BCUT2D eigenvalue weighted by atomic mass is 32.1. The molecule has 0 aromatic rings. The van der Waals surface area contributed by atoms with Crippen LogP contribution in [0.25, 0.3) is 0 Å². The van der Waals surface area contributed by atoms with Gasteiger partial charge in [0, 0.05) is 32.0 Å². The summed E-state index contributed by atoms with van der Waals surface area (Å²) < 4.78 is 0. The van der Waals surface area contributed by atoms with Crippen molar-refractivity contribution in [2.24, 2.45) is 0 Å². The van der Waals surface area contributed by atoms with Crippen LogP contribution in [-0.2, 0) is 9.59 Å². The largest absolute Gasteiger partial charge is 0.481 e. The third-order valence-electron chi connectivity index (χ3n) is 3.69. The molecule has 0 saturated carbocycles. The summed E-state index contributed by atoms with van der Waals surface area (Å²) >= 11 is 5.01. The molecule has 0 aromatic carbocycles. The molecule has 126 valence electrons. The molecule has 1 unspecified atom stereocenters. The molecule has 6 nitrogen and oxygen atoms in total. The molecule has 1 heterocycles. The van der Waals surface area contributed by atoms with E-state index in [1.807, 2.05) is 0 Å². The van der Waals surface area contributed by atoms with E-state index < -0.39 is 5.97 Å². The average molecular weight is 329 g/mol. The van der Waals surface area contributed by atoms with Gasteiger partial charge in [-0.15, -0.1) is 0 Å². The summed E-state index contributed by atoms with van der Waals surface area (Å²) in [7, 11) is 0. The van der Waals surface area contributed by atoms with Gasteiger partial charge in [-0.2, -0.15) is 0 Å². The molecule has 4 N–H and O–H groups in total. The first kappa shape index (κ1) is 18.7. The maximum atomic E-state index is 11.6. The van der Waals surface area contributed by atoms with Crippen molar-refractivity contribution in [2.45, 2.75) is 63.8 Å². The van der Waals surface area contributed by atoms with Crippen molar-refractivity contribution in [1.29, 1.82) is 0 Å². The zero-order valence-corrected chi connectivity index (χ0v) is 13.8. The molecular weight excluding hydrogens is 302 g/mol. The molecule has 1 fully saturated rings. The molecule has 1 amide bonds. The van der Waals surface area contributed by atoms with Gasteiger partial charge in [-0.05, 0) is 37.9 Å². The van der Waals surface area contributed by atoms with Crippen molar-refractivity contribution in [1.82, 2.24) is 16.0 Å². The number of thiocarbonyl (C=S) groups is 1. The fraction of sp³-hybridized carbons (Fsp3) is 0.800. The van der Waals surface area contributed by atoms with Gasteiger partial charge in [0.05, 0.1) is 0 Å². The Morgan fingerprint density at radius 1 is 1.14 bits per heavy atom. The number of carboxylic acid groups (broad SMARTS) is 1. The van der Waals surface area contributed by atoms with Crippen molar-refractivity contribution < 1.29 is 14.7 Å². The standard InChI is InChI=1S/C15H27N3O3S/c19-13(16-10-6-2-5-9-14(20)21)8-4-1-3-7-12-11-17-15(22)18-12/h12H,1-11H2,(H,16,19)(H,20,21)(H2,17,18,22).